The zero-order chi connectivity index (χ0) is 22.2. The smallest absolute Gasteiger partial charge is 0.262 e. The Morgan fingerprint density at radius 1 is 1.00 bits per heavy atom. The van der Waals surface area contributed by atoms with Crippen LogP contribution >= 0.6 is 0 Å². The molecule has 2 aromatic rings. The van der Waals surface area contributed by atoms with E-state index in [0.717, 1.165) is 0 Å². The van der Waals surface area contributed by atoms with Gasteiger partial charge in [-0.2, -0.15) is 0 Å². The monoisotopic (exact) mass is 437 g/mol. The first-order valence-corrected chi connectivity index (χ1v) is 10.5. The van der Waals surface area contributed by atoms with Crippen molar-refractivity contribution in [3.05, 3.63) is 42.5 Å². The highest BCUT2D eigenvalue weighted by Crippen LogP contribution is 2.38. The molecule has 3 aliphatic rings. The van der Waals surface area contributed by atoms with Crippen LogP contribution in [0.1, 0.15) is 6.42 Å². The molecule has 1 fully saturated rings. The number of carbonyl (C=O) groups is 3. The quantitative estimate of drug-likeness (QED) is 0.779. The molecule has 5 rings (SSSR count). The second kappa shape index (κ2) is 8.07. The predicted octanol–water partition coefficient (Wildman–Crippen LogP) is 1.35. The topological polar surface area (TPSA) is 97.4 Å². The van der Waals surface area contributed by atoms with Gasteiger partial charge >= 0.3 is 0 Å². The number of likely N-dealkylation sites (N-methyl/N-ethyl adjacent to an activating group) is 1. The van der Waals surface area contributed by atoms with Crippen LogP contribution in [0.3, 0.4) is 0 Å². The summed E-state index contributed by atoms with van der Waals surface area (Å²) in [6, 6.07) is 12.4. The molecule has 3 heterocycles. The lowest BCUT2D eigenvalue weighted by Gasteiger charge is -2.35. The largest absolute Gasteiger partial charge is 0.486 e. The molecule has 0 radical (unpaired) electrons. The molecule has 2 atom stereocenters. The molecule has 0 unspecified atom stereocenters. The molecule has 3 aliphatic heterocycles. The summed E-state index contributed by atoms with van der Waals surface area (Å²) in [6.07, 6.45) is -0.720. The molecule has 0 spiro atoms. The van der Waals surface area contributed by atoms with Crippen LogP contribution in [0.4, 0.5) is 11.4 Å². The third-order valence-electron chi connectivity index (χ3n) is 5.89. The molecule has 1 saturated heterocycles. The number of benzene rings is 2. The number of hydrogen-bond donors (Lipinski definition) is 1. The van der Waals surface area contributed by atoms with Crippen LogP contribution in [0.15, 0.2) is 42.5 Å². The highest BCUT2D eigenvalue weighted by Gasteiger charge is 2.41. The number of anilines is 2. The number of rotatable bonds is 3. The maximum atomic E-state index is 13.5. The molecule has 9 heteroatoms. The number of nitrogens with one attached hydrogen (secondary N) is 1. The molecule has 0 saturated carbocycles. The van der Waals surface area contributed by atoms with Gasteiger partial charge < -0.3 is 29.3 Å². The molecule has 32 heavy (non-hydrogen) atoms. The number of para-hydroxylation sites is 2. The van der Waals surface area contributed by atoms with Gasteiger partial charge in [-0.3, -0.25) is 14.4 Å². The minimum atomic E-state index is -0.815. The van der Waals surface area contributed by atoms with E-state index in [1.54, 1.807) is 46.2 Å². The summed E-state index contributed by atoms with van der Waals surface area (Å²) < 4.78 is 17.0. The van der Waals surface area contributed by atoms with Crippen molar-refractivity contribution in [3.8, 4) is 17.2 Å². The fraction of sp³-hybridized carbons (Fsp3) is 0.348. The van der Waals surface area contributed by atoms with Crippen molar-refractivity contribution in [2.45, 2.75) is 12.5 Å². The zero-order valence-corrected chi connectivity index (χ0v) is 17.6. The van der Waals surface area contributed by atoms with E-state index in [9.17, 15) is 14.4 Å². The molecule has 0 aromatic heterocycles. The number of carbonyl (C=O) groups excluding carboxylic acids is 3. The van der Waals surface area contributed by atoms with Gasteiger partial charge in [0.15, 0.2) is 17.6 Å². The number of nitrogens with zero attached hydrogens (tertiary/aromatic N) is 2. The van der Waals surface area contributed by atoms with Crippen molar-refractivity contribution in [2.75, 3.05) is 43.2 Å². The SMILES string of the molecule is CNC(=O)[C@@H]1CN(C(=O)[C@@H]2CC(=O)N(c3ccc4c(c3)OCCO4)C2)c2ccccc2O1. The van der Waals surface area contributed by atoms with E-state index in [2.05, 4.69) is 5.32 Å². The van der Waals surface area contributed by atoms with E-state index in [4.69, 9.17) is 14.2 Å². The minimum Gasteiger partial charge on any atom is -0.486 e. The van der Waals surface area contributed by atoms with Gasteiger partial charge in [-0.05, 0) is 24.3 Å². The Hall–Kier alpha value is -3.75. The number of amides is 3. The van der Waals surface area contributed by atoms with Crippen molar-refractivity contribution in [2.24, 2.45) is 5.92 Å². The van der Waals surface area contributed by atoms with Crippen LogP contribution in [0, 0.1) is 5.92 Å². The van der Waals surface area contributed by atoms with Crippen LogP contribution < -0.4 is 29.3 Å². The van der Waals surface area contributed by atoms with Crippen LogP contribution in [-0.4, -0.2) is 57.2 Å². The molecule has 0 aliphatic carbocycles. The Morgan fingerprint density at radius 2 is 1.78 bits per heavy atom. The second-order valence-corrected chi connectivity index (χ2v) is 7.87. The van der Waals surface area contributed by atoms with Gasteiger partial charge in [-0.25, -0.2) is 0 Å². The van der Waals surface area contributed by atoms with Gasteiger partial charge in [-0.1, -0.05) is 12.1 Å². The Balaban J connectivity index is 1.38. The molecule has 1 N–H and O–H groups in total. The summed E-state index contributed by atoms with van der Waals surface area (Å²) in [5.41, 5.74) is 1.27. The third kappa shape index (κ3) is 3.49. The Labute approximate surface area is 184 Å². The van der Waals surface area contributed by atoms with Crippen LogP contribution in [0.5, 0.6) is 17.2 Å². The normalized spacial score (nSPS) is 21.6. The van der Waals surface area contributed by atoms with Crippen LogP contribution in [-0.2, 0) is 14.4 Å². The Kier molecular flexibility index (Phi) is 5.08. The second-order valence-electron chi connectivity index (χ2n) is 7.87. The minimum absolute atomic E-state index is 0.0875. The third-order valence-corrected chi connectivity index (χ3v) is 5.89. The van der Waals surface area contributed by atoms with Crippen molar-refractivity contribution in [1.29, 1.82) is 0 Å². The molecule has 0 bridgehead atoms. The zero-order valence-electron chi connectivity index (χ0n) is 17.6. The molecular formula is C23H23N3O6. The van der Waals surface area contributed by atoms with Gasteiger partial charge in [0.25, 0.3) is 5.91 Å². The van der Waals surface area contributed by atoms with Crippen LogP contribution in [0.2, 0.25) is 0 Å². The average Bonchev–Trinajstić information content (AvgIpc) is 3.23. The average molecular weight is 437 g/mol. The van der Waals surface area contributed by atoms with E-state index in [1.165, 1.54) is 7.05 Å². The van der Waals surface area contributed by atoms with Crippen molar-refractivity contribution < 1.29 is 28.6 Å². The van der Waals surface area contributed by atoms with E-state index < -0.39 is 12.0 Å². The summed E-state index contributed by atoms with van der Waals surface area (Å²) in [6.45, 7) is 1.28. The van der Waals surface area contributed by atoms with Gasteiger partial charge in [0.2, 0.25) is 11.8 Å². The van der Waals surface area contributed by atoms with Crippen molar-refractivity contribution in [1.82, 2.24) is 5.32 Å². The molecule has 166 valence electrons. The first kappa shape index (κ1) is 20.2. The van der Waals surface area contributed by atoms with Gasteiger partial charge in [0.05, 0.1) is 18.2 Å². The Bertz CT molecular complexity index is 1090. The van der Waals surface area contributed by atoms with Crippen molar-refractivity contribution in [3.63, 3.8) is 0 Å². The summed E-state index contributed by atoms with van der Waals surface area (Å²) in [4.78, 5) is 41.7. The van der Waals surface area contributed by atoms with Gasteiger partial charge in [0.1, 0.15) is 19.0 Å². The van der Waals surface area contributed by atoms with E-state index in [0.29, 0.717) is 41.8 Å². The molecular weight excluding hydrogens is 414 g/mol. The lowest BCUT2D eigenvalue weighted by Crippen LogP contribution is -2.51. The standard InChI is InChI=1S/C23H23N3O6/c1-24-22(28)20-13-26(16-4-2-3-5-17(16)32-20)23(29)14-10-21(27)25(12-14)15-6-7-18-19(11-15)31-9-8-30-18/h2-7,11,14,20H,8-10,12-13H2,1H3,(H,24,28)/t14-,20+/m1/s1. The first-order valence-electron chi connectivity index (χ1n) is 10.5. The maximum absolute atomic E-state index is 13.5. The fourth-order valence-electron chi connectivity index (χ4n) is 4.28. The van der Waals surface area contributed by atoms with E-state index in [1.807, 2.05) is 6.07 Å². The Morgan fingerprint density at radius 3 is 2.59 bits per heavy atom. The lowest BCUT2D eigenvalue weighted by atomic mass is 10.0. The highest BCUT2D eigenvalue weighted by molar-refractivity contribution is 6.05. The van der Waals surface area contributed by atoms with Crippen molar-refractivity contribution >= 4 is 29.1 Å². The fourth-order valence-corrected chi connectivity index (χ4v) is 4.28. The summed E-state index contributed by atoms with van der Waals surface area (Å²) in [7, 11) is 1.53. The van der Waals surface area contributed by atoms with E-state index in [-0.39, 0.29) is 37.2 Å². The number of ether oxygens (including phenoxy) is 3. The summed E-state index contributed by atoms with van der Waals surface area (Å²) in [5.74, 6) is 0.516. The molecule has 3 amide bonds. The maximum Gasteiger partial charge on any atom is 0.262 e. The summed E-state index contributed by atoms with van der Waals surface area (Å²) in [5, 5.41) is 2.57. The predicted molar refractivity (Wildman–Crippen MR) is 115 cm³/mol. The van der Waals surface area contributed by atoms with Crippen LogP contribution in [0.25, 0.3) is 0 Å². The molecule has 2 aromatic carbocycles. The lowest BCUT2D eigenvalue weighted by molar-refractivity contribution is -0.128. The molecule has 9 nitrogen and oxygen atoms in total. The number of hydrogen-bond acceptors (Lipinski definition) is 6. The van der Waals surface area contributed by atoms with Gasteiger partial charge in [0, 0.05) is 31.8 Å². The summed E-state index contributed by atoms with van der Waals surface area (Å²) >= 11 is 0. The number of fused-ring (bicyclic) bond motifs is 2. The first-order chi connectivity index (χ1) is 15.5. The van der Waals surface area contributed by atoms with Gasteiger partial charge in [-0.15, -0.1) is 0 Å². The van der Waals surface area contributed by atoms with E-state index >= 15 is 0 Å². The highest BCUT2D eigenvalue weighted by atomic mass is 16.6.